The van der Waals surface area contributed by atoms with Gasteiger partial charge in [0.05, 0.1) is 6.10 Å². The van der Waals surface area contributed by atoms with Crippen molar-refractivity contribution in [1.29, 1.82) is 0 Å². The summed E-state index contributed by atoms with van der Waals surface area (Å²) in [7, 11) is 0. The monoisotopic (exact) mass is 229 g/mol. The van der Waals surface area contributed by atoms with Gasteiger partial charge in [-0.1, -0.05) is 5.16 Å². The summed E-state index contributed by atoms with van der Waals surface area (Å²) >= 11 is 0. The molecule has 0 amide bonds. The summed E-state index contributed by atoms with van der Waals surface area (Å²) in [5.41, 5.74) is 5.37. The van der Waals surface area contributed by atoms with Gasteiger partial charge in [0.15, 0.2) is 0 Å². The third-order valence-electron chi connectivity index (χ3n) is 3.10. The zero-order valence-corrected chi connectivity index (χ0v) is 9.98. The molecule has 16 heavy (non-hydrogen) atoms. The fraction of sp³-hybridized carbons (Fsp3) is 0.909. The van der Waals surface area contributed by atoms with Gasteiger partial charge in [-0.3, -0.25) is 0 Å². The highest BCUT2D eigenvalue weighted by molar-refractivity contribution is 5.79. The number of hydrogen-bond donors (Lipinski definition) is 3. The Morgan fingerprint density at radius 3 is 3.00 bits per heavy atom. The summed E-state index contributed by atoms with van der Waals surface area (Å²) in [5, 5.41) is 14.7. The van der Waals surface area contributed by atoms with E-state index in [0.717, 1.165) is 39.0 Å². The van der Waals surface area contributed by atoms with E-state index >= 15 is 0 Å². The zero-order chi connectivity index (χ0) is 11.8. The molecule has 0 aromatic rings. The lowest BCUT2D eigenvalue weighted by molar-refractivity contribution is 0.105. The van der Waals surface area contributed by atoms with E-state index in [9.17, 15) is 0 Å². The SMILES string of the molecule is CC1OCCC1CNCCCCC(N)=NO. The molecule has 94 valence electrons. The van der Waals surface area contributed by atoms with Gasteiger partial charge in [0.1, 0.15) is 5.84 Å². The van der Waals surface area contributed by atoms with Gasteiger partial charge in [-0.25, -0.2) is 0 Å². The number of hydrogen-bond acceptors (Lipinski definition) is 4. The Kier molecular flexibility index (Phi) is 6.18. The summed E-state index contributed by atoms with van der Waals surface area (Å²) < 4.78 is 5.49. The van der Waals surface area contributed by atoms with Gasteiger partial charge in [-0.15, -0.1) is 0 Å². The van der Waals surface area contributed by atoms with Crippen molar-refractivity contribution in [2.24, 2.45) is 16.8 Å². The van der Waals surface area contributed by atoms with Crippen molar-refractivity contribution in [3.05, 3.63) is 0 Å². The van der Waals surface area contributed by atoms with Crippen LogP contribution in [0, 0.1) is 5.92 Å². The Morgan fingerprint density at radius 1 is 1.56 bits per heavy atom. The highest BCUT2D eigenvalue weighted by Crippen LogP contribution is 2.19. The van der Waals surface area contributed by atoms with Gasteiger partial charge in [0.2, 0.25) is 0 Å². The minimum Gasteiger partial charge on any atom is -0.409 e. The van der Waals surface area contributed by atoms with E-state index in [0.29, 0.717) is 24.3 Å². The first kappa shape index (κ1) is 13.3. The molecule has 1 aliphatic rings. The molecule has 0 bridgehead atoms. The Balaban J connectivity index is 1.92. The number of rotatable bonds is 7. The number of ether oxygens (including phenoxy) is 1. The maximum atomic E-state index is 8.34. The Labute approximate surface area is 97.0 Å². The molecule has 1 fully saturated rings. The van der Waals surface area contributed by atoms with Gasteiger partial charge in [-0.2, -0.15) is 0 Å². The van der Waals surface area contributed by atoms with Crippen molar-refractivity contribution >= 4 is 5.84 Å². The molecule has 0 aromatic heterocycles. The molecule has 0 aromatic carbocycles. The average Bonchev–Trinajstić information content (AvgIpc) is 2.69. The molecular formula is C11H23N3O2. The second kappa shape index (κ2) is 7.46. The Hall–Kier alpha value is -0.810. The molecule has 5 heteroatoms. The van der Waals surface area contributed by atoms with Crippen molar-refractivity contribution in [1.82, 2.24) is 5.32 Å². The molecule has 4 N–H and O–H groups in total. The van der Waals surface area contributed by atoms with Gasteiger partial charge in [0, 0.05) is 19.6 Å². The van der Waals surface area contributed by atoms with Crippen LogP contribution in [0.4, 0.5) is 0 Å². The molecule has 1 rings (SSSR count). The Morgan fingerprint density at radius 2 is 2.38 bits per heavy atom. The molecule has 1 aliphatic heterocycles. The van der Waals surface area contributed by atoms with Crippen LogP contribution in [0.15, 0.2) is 5.16 Å². The van der Waals surface area contributed by atoms with Gasteiger partial charge in [-0.05, 0) is 38.6 Å². The molecule has 0 aliphatic carbocycles. The molecule has 0 radical (unpaired) electrons. The minimum absolute atomic E-state index is 0.317. The van der Waals surface area contributed by atoms with Crippen LogP contribution >= 0.6 is 0 Å². The fourth-order valence-electron chi connectivity index (χ4n) is 1.94. The molecule has 0 spiro atoms. The van der Waals surface area contributed by atoms with Crippen LogP contribution in [0.2, 0.25) is 0 Å². The standard InChI is InChI=1S/C11H23N3O2/c1-9-10(5-7-16-9)8-13-6-3-2-4-11(12)14-15/h9-10,13,15H,2-8H2,1H3,(H2,12,14). The van der Waals surface area contributed by atoms with Crippen LogP contribution in [0.25, 0.3) is 0 Å². The third-order valence-corrected chi connectivity index (χ3v) is 3.10. The van der Waals surface area contributed by atoms with Crippen molar-refractivity contribution in [2.75, 3.05) is 19.7 Å². The molecular weight excluding hydrogens is 206 g/mol. The quantitative estimate of drug-likeness (QED) is 0.199. The van der Waals surface area contributed by atoms with E-state index in [1.54, 1.807) is 0 Å². The van der Waals surface area contributed by atoms with Crippen LogP contribution in [0.5, 0.6) is 0 Å². The average molecular weight is 229 g/mol. The Bertz CT molecular complexity index is 221. The molecule has 0 saturated carbocycles. The highest BCUT2D eigenvalue weighted by Gasteiger charge is 2.23. The lowest BCUT2D eigenvalue weighted by atomic mass is 10.0. The molecule has 1 saturated heterocycles. The van der Waals surface area contributed by atoms with Gasteiger partial charge in [0.25, 0.3) is 0 Å². The van der Waals surface area contributed by atoms with Crippen LogP contribution in [-0.4, -0.2) is 36.8 Å². The molecule has 2 atom stereocenters. The maximum absolute atomic E-state index is 8.34. The number of amidine groups is 1. The zero-order valence-electron chi connectivity index (χ0n) is 9.98. The van der Waals surface area contributed by atoms with Crippen molar-refractivity contribution < 1.29 is 9.94 Å². The highest BCUT2D eigenvalue weighted by atomic mass is 16.5. The summed E-state index contributed by atoms with van der Waals surface area (Å²) in [6.07, 6.45) is 4.24. The van der Waals surface area contributed by atoms with E-state index in [2.05, 4.69) is 17.4 Å². The van der Waals surface area contributed by atoms with Gasteiger partial charge >= 0.3 is 0 Å². The van der Waals surface area contributed by atoms with E-state index in [1.165, 1.54) is 0 Å². The van der Waals surface area contributed by atoms with E-state index in [1.807, 2.05) is 0 Å². The topological polar surface area (TPSA) is 79.9 Å². The van der Waals surface area contributed by atoms with Gasteiger partial charge < -0.3 is 21.0 Å². The first-order chi connectivity index (χ1) is 7.74. The number of nitrogens with two attached hydrogens (primary N) is 1. The lowest BCUT2D eigenvalue weighted by Gasteiger charge is -2.14. The van der Waals surface area contributed by atoms with Crippen molar-refractivity contribution in [3.8, 4) is 0 Å². The van der Waals surface area contributed by atoms with E-state index < -0.39 is 0 Å². The van der Waals surface area contributed by atoms with Crippen LogP contribution < -0.4 is 11.1 Å². The summed E-state index contributed by atoms with van der Waals surface area (Å²) in [5.74, 6) is 0.974. The van der Waals surface area contributed by atoms with Crippen molar-refractivity contribution in [3.63, 3.8) is 0 Å². The third kappa shape index (κ3) is 4.81. The number of oxime groups is 1. The predicted molar refractivity (Wildman–Crippen MR) is 63.7 cm³/mol. The molecule has 2 unspecified atom stereocenters. The largest absolute Gasteiger partial charge is 0.409 e. The molecule has 1 heterocycles. The van der Waals surface area contributed by atoms with E-state index in [4.69, 9.17) is 15.7 Å². The second-order valence-corrected chi connectivity index (χ2v) is 4.38. The van der Waals surface area contributed by atoms with Crippen LogP contribution in [-0.2, 0) is 4.74 Å². The summed E-state index contributed by atoms with van der Waals surface area (Å²) in [4.78, 5) is 0. The second-order valence-electron chi connectivity index (χ2n) is 4.38. The first-order valence-corrected chi connectivity index (χ1v) is 6.02. The first-order valence-electron chi connectivity index (χ1n) is 6.02. The molecule has 5 nitrogen and oxygen atoms in total. The maximum Gasteiger partial charge on any atom is 0.139 e. The van der Waals surface area contributed by atoms with Crippen molar-refractivity contribution in [2.45, 2.75) is 38.7 Å². The minimum atomic E-state index is 0.317. The summed E-state index contributed by atoms with van der Waals surface area (Å²) in [6.45, 7) is 5.06. The lowest BCUT2D eigenvalue weighted by Crippen LogP contribution is -2.27. The predicted octanol–water partition coefficient (Wildman–Crippen LogP) is 0.918. The summed E-state index contributed by atoms with van der Waals surface area (Å²) in [6, 6.07) is 0. The van der Waals surface area contributed by atoms with E-state index in [-0.39, 0.29) is 0 Å². The smallest absolute Gasteiger partial charge is 0.139 e. The fourth-order valence-corrected chi connectivity index (χ4v) is 1.94. The number of unbranched alkanes of at least 4 members (excludes halogenated alkanes) is 1. The number of nitrogens with zero attached hydrogens (tertiary/aromatic N) is 1. The normalized spacial score (nSPS) is 26.2. The van der Waals surface area contributed by atoms with Crippen LogP contribution in [0.3, 0.4) is 0 Å². The number of nitrogens with one attached hydrogen (secondary N) is 1. The van der Waals surface area contributed by atoms with Crippen LogP contribution in [0.1, 0.15) is 32.6 Å².